The molecule has 0 saturated heterocycles. The van der Waals surface area contributed by atoms with Crippen molar-refractivity contribution in [1.29, 1.82) is 0 Å². The number of alkyl halides is 5. The number of halogens is 5. The third kappa shape index (κ3) is 3.97. The number of aliphatic imine (C=N–C) groups is 1. The quantitative estimate of drug-likeness (QED) is 0.367. The van der Waals surface area contributed by atoms with Crippen molar-refractivity contribution in [2.24, 2.45) is 10.7 Å². The number of hydrogen-bond acceptors (Lipinski definition) is 4. The van der Waals surface area contributed by atoms with Crippen LogP contribution in [0.5, 0.6) is 0 Å². The van der Waals surface area contributed by atoms with E-state index in [9.17, 15) is 26.7 Å². The van der Waals surface area contributed by atoms with Gasteiger partial charge in [0.05, 0.1) is 12.3 Å². The van der Waals surface area contributed by atoms with Crippen LogP contribution in [0.2, 0.25) is 0 Å². The van der Waals surface area contributed by atoms with Crippen molar-refractivity contribution < 1.29 is 31.5 Å². The summed E-state index contributed by atoms with van der Waals surface area (Å²) >= 11 is 0. The van der Waals surface area contributed by atoms with E-state index < -0.39 is 35.6 Å². The molecule has 0 saturated carbocycles. The van der Waals surface area contributed by atoms with Gasteiger partial charge in [0.15, 0.2) is 5.71 Å². The van der Waals surface area contributed by atoms with E-state index in [1.165, 1.54) is 6.92 Å². The van der Waals surface area contributed by atoms with Gasteiger partial charge in [0.25, 0.3) is 6.43 Å². The highest BCUT2D eigenvalue weighted by molar-refractivity contribution is 6.22. The van der Waals surface area contributed by atoms with Crippen LogP contribution in [0.4, 0.5) is 22.0 Å². The van der Waals surface area contributed by atoms with E-state index in [-0.39, 0.29) is 6.61 Å². The molecule has 0 spiro atoms. The van der Waals surface area contributed by atoms with Crippen LogP contribution in [0, 0.1) is 0 Å². The molecule has 0 bridgehead atoms. The Morgan fingerprint density at radius 2 is 1.89 bits per heavy atom. The molecule has 0 aliphatic carbocycles. The first kappa shape index (κ1) is 16.3. The van der Waals surface area contributed by atoms with Crippen LogP contribution < -0.4 is 5.73 Å². The summed E-state index contributed by atoms with van der Waals surface area (Å²) in [5.41, 5.74) is 0.0417. The van der Waals surface area contributed by atoms with Crippen molar-refractivity contribution in [3.05, 3.63) is 11.3 Å². The van der Waals surface area contributed by atoms with E-state index in [0.29, 0.717) is 7.05 Å². The molecule has 18 heavy (non-hydrogen) atoms. The van der Waals surface area contributed by atoms with Gasteiger partial charge in [-0.25, -0.2) is 13.6 Å². The molecule has 9 heteroatoms. The van der Waals surface area contributed by atoms with Gasteiger partial charge in [0.1, 0.15) is 5.57 Å². The van der Waals surface area contributed by atoms with E-state index in [1.54, 1.807) is 0 Å². The summed E-state index contributed by atoms with van der Waals surface area (Å²) in [6.45, 7) is 1.03. The Labute approximate surface area is 99.3 Å². The molecule has 0 aromatic carbocycles. The average molecular weight is 274 g/mol. The number of nitrogens with two attached hydrogens (primary N) is 1. The van der Waals surface area contributed by atoms with Crippen molar-refractivity contribution in [2.75, 3.05) is 13.7 Å². The van der Waals surface area contributed by atoms with Crippen LogP contribution in [0.15, 0.2) is 16.3 Å². The molecular weight excluding hydrogens is 263 g/mol. The van der Waals surface area contributed by atoms with Crippen LogP contribution >= 0.6 is 0 Å². The second-order valence-electron chi connectivity index (χ2n) is 2.92. The number of carbonyl (C=O) groups excluding carboxylic acids is 1. The van der Waals surface area contributed by atoms with Gasteiger partial charge in [-0.2, -0.15) is 13.2 Å². The number of esters is 1. The van der Waals surface area contributed by atoms with Gasteiger partial charge in [-0.1, -0.05) is 0 Å². The van der Waals surface area contributed by atoms with E-state index >= 15 is 0 Å². The van der Waals surface area contributed by atoms with Crippen LogP contribution in [-0.4, -0.2) is 37.9 Å². The SMILES string of the molecule is CCOC(=O)C(C(=NC)C(F)(F)F)=C(N)C(F)F. The maximum Gasteiger partial charge on any atom is 0.433 e. The third-order valence-corrected chi connectivity index (χ3v) is 1.73. The molecular formula is C9H11F5N2O2. The fourth-order valence-electron chi connectivity index (χ4n) is 1.04. The number of ether oxygens (including phenoxy) is 1. The van der Waals surface area contributed by atoms with Gasteiger partial charge in [-0.15, -0.1) is 0 Å². The maximum absolute atomic E-state index is 12.5. The number of allylic oxidation sites excluding steroid dienone is 1. The summed E-state index contributed by atoms with van der Waals surface area (Å²) < 4.78 is 66.5. The first-order chi connectivity index (χ1) is 8.16. The lowest BCUT2D eigenvalue weighted by atomic mass is 10.1. The van der Waals surface area contributed by atoms with Gasteiger partial charge in [0.2, 0.25) is 0 Å². The fourth-order valence-corrected chi connectivity index (χ4v) is 1.04. The average Bonchev–Trinajstić information content (AvgIpc) is 2.22. The third-order valence-electron chi connectivity index (χ3n) is 1.73. The molecule has 0 aromatic rings. The van der Waals surface area contributed by atoms with Crippen LogP contribution in [-0.2, 0) is 9.53 Å². The predicted octanol–water partition coefficient (Wildman–Crippen LogP) is 1.66. The highest BCUT2D eigenvalue weighted by atomic mass is 19.4. The van der Waals surface area contributed by atoms with E-state index in [4.69, 9.17) is 5.73 Å². The lowest BCUT2D eigenvalue weighted by Gasteiger charge is -2.15. The van der Waals surface area contributed by atoms with Gasteiger partial charge in [0, 0.05) is 7.05 Å². The van der Waals surface area contributed by atoms with E-state index in [1.807, 2.05) is 0 Å². The highest BCUT2D eigenvalue weighted by Gasteiger charge is 2.42. The van der Waals surface area contributed by atoms with Crippen LogP contribution in [0.3, 0.4) is 0 Å². The zero-order valence-electron chi connectivity index (χ0n) is 9.52. The summed E-state index contributed by atoms with van der Waals surface area (Å²) in [7, 11) is 0.709. The Morgan fingerprint density at radius 1 is 1.39 bits per heavy atom. The molecule has 4 nitrogen and oxygen atoms in total. The first-order valence-corrected chi connectivity index (χ1v) is 4.66. The Bertz CT molecular complexity index is 374. The van der Waals surface area contributed by atoms with Crippen molar-refractivity contribution >= 4 is 11.7 Å². The zero-order valence-corrected chi connectivity index (χ0v) is 9.52. The second-order valence-corrected chi connectivity index (χ2v) is 2.92. The largest absolute Gasteiger partial charge is 0.462 e. The highest BCUT2D eigenvalue weighted by Crippen LogP contribution is 2.25. The molecule has 0 unspecified atom stereocenters. The summed E-state index contributed by atoms with van der Waals surface area (Å²) in [6, 6.07) is 0. The summed E-state index contributed by atoms with van der Waals surface area (Å²) in [5.74, 6) is -1.59. The van der Waals surface area contributed by atoms with Crippen molar-refractivity contribution in [3.8, 4) is 0 Å². The second kappa shape index (κ2) is 6.31. The van der Waals surface area contributed by atoms with Gasteiger partial charge >= 0.3 is 12.1 Å². The molecule has 104 valence electrons. The molecule has 2 N–H and O–H groups in total. The number of rotatable bonds is 4. The lowest BCUT2D eigenvalue weighted by Crippen LogP contribution is -2.33. The number of carbonyl (C=O) groups is 1. The normalized spacial score (nSPS) is 14.6. The molecule has 0 rings (SSSR count). The minimum atomic E-state index is -5.09. The Morgan fingerprint density at radius 3 is 2.17 bits per heavy atom. The maximum atomic E-state index is 12.5. The monoisotopic (exact) mass is 274 g/mol. The minimum absolute atomic E-state index is 0.284. The molecule has 0 radical (unpaired) electrons. The molecule has 0 fully saturated rings. The predicted molar refractivity (Wildman–Crippen MR) is 53.3 cm³/mol. The van der Waals surface area contributed by atoms with Crippen molar-refractivity contribution in [3.63, 3.8) is 0 Å². The zero-order chi connectivity index (χ0) is 14.5. The molecule has 0 aromatic heterocycles. The molecule has 0 atom stereocenters. The standard InChI is InChI=1S/C9H11F5N2O2/c1-3-18-8(17)4(5(15)7(10)11)6(16-2)9(12,13)14/h7H,3,15H2,1-2H3. The smallest absolute Gasteiger partial charge is 0.433 e. The number of hydrogen-bond donors (Lipinski definition) is 1. The Balaban J connectivity index is 5.79. The summed E-state index contributed by atoms with van der Waals surface area (Å²) in [4.78, 5) is 14.0. The molecule has 0 aliphatic rings. The molecule has 0 heterocycles. The van der Waals surface area contributed by atoms with Gasteiger partial charge < -0.3 is 10.5 Å². The van der Waals surface area contributed by atoms with E-state index in [0.717, 1.165) is 0 Å². The minimum Gasteiger partial charge on any atom is -0.462 e. The molecule has 0 amide bonds. The van der Waals surface area contributed by atoms with Crippen LogP contribution in [0.1, 0.15) is 6.92 Å². The number of nitrogens with zero attached hydrogens (tertiary/aromatic N) is 1. The molecule has 0 aliphatic heterocycles. The fraction of sp³-hybridized carbons (Fsp3) is 0.556. The summed E-state index contributed by atoms with van der Waals surface area (Å²) in [6.07, 6.45) is -8.51. The van der Waals surface area contributed by atoms with Crippen molar-refractivity contribution in [2.45, 2.75) is 19.5 Å². The van der Waals surface area contributed by atoms with Crippen molar-refractivity contribution in [1.82, 2.24) is 0 Å². The first-order valence-electron chi connectivity index (χ1n) is 4.66. The van der Waals surface area contributed by atoms with Crippen LogP contribution in [0.25, 0.3) is 0 Å². The Hall–Kier alpha value is -1.67. The lowest BCUT2D eigenvalue weighted by molar-refractivity contribution is -0.138. The summed E-state index contributed by atoms with van der Waals surface area (Å²) in [5, 5.41) is 0. The van der Waals surface area contributed by atoms with Gasteiger partial charge in [-0.3, -0.25) is 4.99 Å². The van der Waals surface area contributed by atoms with Gasteiger partial charge in [-0.05, 0) is 6.92 Å². The topological polar surface area (TPSA) is 64.7 Å². The van der Waals surface area contributed by atoms with E-state index in [2.05, 4.69) is 9.73 Å². The Kier molecular flexibility index (Phi) is 5.73.